The molecule has 1 saturated carbocycles. The van der Waals surface area contributed by atoms with Crippen molar-refractivity contribution in [2.45, 2.75) is 89.0 Å². The molecule has 2 nitrogen and oxygen atoms in total. The second-order valence-electron chi connectivity index (χ2n) is 16.7. The van der Waals surface area contributed by atoms with Crippen LogP contribution in [0.25, 0.3) is 5.57 Å². The number of hydrogen-bond acceptors (Lipinski definition) is 2. The van der Waals surface area contributed by atoms with E-state index >= 15 is 0 Å². The fourth-order valence-electron chi connectivity index (χ4n) is 11.0. The lowest BCUT2D eigenvalue weighted by atomic mass is 9.77. The second kappa shape index (κ2) is 14.8. The van der Waals surface area contributed by atoms with Gasteiger partial charge in [-0.3, -0.25) is 0 Å². The quantitative estimate of drug-likeness (QED) is 0.283. The Morgan fingerprint density at radius 1 is 0.630 bits per heavy atom. The lowest BCUT2D eigenvalue weighted by Gasteiger charge is -2.43. The fourth-order valence-corrected chi connectivity index (χ4v) is 11.0. The van der Waals surface area contributed by atoms with Crippen molar-refractivity contribution in [1.82, 2.24) is 9.80 Å². The number of hydrogen-bond donors (Lipinski definition) is 0. The van der Waals surface area contributed by atoms with E-state index in [9.17, 15) is 0 Å². The summed E-state index contributed by atoms with van der Waals surface area (Å²) in [6.45, 7) is 0. The van der Waals surface area contributed by atoms with E-state index in [0.717, 1.165) is 32.1 Å². The van der Waals surface area contributed by atoms with Crippen LogP contribution in [0.1, 0.15) is 94.1 Å². The highest BCUT2D eigenvalue weighted by Crippen LogP contribution is 2.54. The highest BCUT2D eigenvalue weighted by molar-refractivity contribution is 5.69. The number of nitrogens with zero attached hydrogens (tertiary/aromatic N) is 2. The molecule has 1 heterocycles. The summed E-state index contributed by atoms with van der Waals surface area (Å²) >= 11 is 0. The summed E-state index contributed by atoms with van der Waals surface area (Å²) in [7, 11) is 0. The van der Waals surface area contributed by atoms with Crippen molar-refractivity contribution in [3.8, 4) is 0 Å². The van der Waals surface area contributed by atoms with E-state index in [1.807, 2.05) is 0 Å². The molecule has 2 heteroatoms. The Bertz CT molecular complexity index is 2110. The molecule has 8 aliphatic rings. The first kappa shape index (κ1) is 33.7. The second-order valence-corrected chi connectivity index (χ2v) is 16.7. The van der Waals surface area contributed by atoms with Gasteiger partial charge < -0.3 is 9.80 Å². The van der Waals surface area contributed by atoms with Crippen molar-refractivity contribution in [1.29, 1.82) is 0 Å². The van der Waals surface area contributed by atoms with Crippen LogP contribution in [0.15, 0.2) is 185 Å². The first-order valence-electron chi connectivity index (χ1n) is 21.2. The Balaban J connectivity index is 0.944. The van der Waals surface area contributed by atoms with Crippen molar-refractivity contribution < 1.29 is 0 Å². The van der Waals surface area contributed by atoms with Crippen LogP contribution in [0.4, 0.5) is 0 Å². The molecule has 54 heavy (non-hydrogen) atoms. The molecule has 0 N–H and O–H groups in total. The lowest BCUT2D eigenvalue weighted by molar-refractivity contribution is 0.200. The molecule has 1 aliphatic heterocycles. The molecule has 6 unspecified atom stereocenters. The molecule has 1 fully saturated rings. The van der Waals surface area contributed by atoms with Gasteiger partial charge >= 0.3 is 0 Å². The first-order chi connectivity index (χ1) is 26.8. The van der Waals surface area contributed by atoms with Gasteiger partial charge in [-0.2, -0.15) is 0 Å². The van der Waals surface area contributed by atoms with Gasteiger partial charge in [-0.25, -0.2) is 0 Å². The third-order valence-corrected chi connectivity index (χ3v) is 13.7. The summed E-state index contributed by atoms with van der Waals surface area (Å²) < 4.78 is 0. The van der Waals surface area contributed by atoms with Gasteiger partial charge in [0.25, 0.3) is 0 Å². The van der Waals surface area contributed by atoms with Crippen LogP contribution in [-0.2, 0) is 0 Å². The van der Waals surface area contributed by atoms with Crippen molar-refractivity contribution in [2.75, 3.05) is 0 Å². The van der Waals surface area contributed by atoms with Crippen molar-refractivity contribution in [3.63, 3.8) is 0 Å². The highest BCUT2D eigenvalue weighted by atomic mass is 15.2. The molecule has 2 aromatic carbocycles. The van der Waals surface area contributed by atoms with E-state index < -0.39 is 0 Å². The average molecular weight is 707 g/mol. The summed E-state index contributed by atoms with van der Waals surface area (Å²) in [5.41, 5.74) is 14.7. The average Bonchev–Trinajstić information content (AvgIpc) is 3.60. The molecule has 6 atom stereocenters. The maximum atomic E-state index is 2.92. The van der Waals surface area contributed by atoms with E-state index in [0.29, 0.717) is 35.6 Å². The molecule has 0 radical (unpaired) electrons. The van der Waals surface area contributed by atoms with E-state index in [-0.39, 0.29) is 0 Å². The molecule has 0 amide bonds. The van der Waals surface area contributed by atoms with E-state index in [1.54, 1.807) is 22.5 Å². The largest absolute Gasteiger partial charge is 0.341 e. The number of fused-ring (bicyclic) bond motifs is 4. The zero-order valence-electron chi connectivity index (χ0n) is 31.7. The third-order valence-electron chi connectivity index (χ3n) is 13.7. The predicted molar refractivity (Wildman–Crippen MR) is 224 cm³/mol. The fraction of sp³-hybridized carbons (Fsp3) is 0.346. The van der Waals surface area contributed by atoms with Crippen LogP contribution in [0.2, 0.25) is 0 Å². The zero-order valence-corrected chi connectivity index (χ0v) is 31.7. The van der Waals surface area contributed by atoms with Crippen molar-refractivity contribution >= 4 is 5.57 Å². The highest BCUT2D eigenvalue weighted by Gasteiger charge is 2.47. The lowest BCUT2D eigenvalue weighted by Crippen LogP contribution is -2.40. The monoisotopic (exact) mass is 706 g/mol. The number of allylic oxidation sites excluding steroid dienone is 18. The molecular formula is C52H54N2. The summed E-state index contributed by atoms with van der Waals surface area (Å²) in [6, 6.07) is 22.5. The van der Waals surface area contributed by atoms with E-state index in [2.05, 4.69) is 156 Å². The van der Waals surface area contributed by atoms with Gasteiger partial charge in [-0.05, 0) is 122 Å². The van der Waals surface area contributed by atoms with Gasteiger partial charge in [-0.15, -0.1) is 0 Å². The normalized spacial score (nSPS) is 30.0. The third kappa shape index (κ3) is 6.22. The standard InChI is InChI=1S/C52H54N2/c1-3-13-37(14-4-1)39-23-30-43(31-24-39)53(44-32-25-40(26-33-44)38-15-5-2-6-16-38)45-34-27-42(28-35-45)46-18-9-11-21-50(46)54-51-22-12-10-20-48(51)49-36-29-41-17-7-8-19-47(41)52(49)54/h1-6,9,11,13-16,19,21,23,25,27,29-32,34-36,39,41-42,46,48,51H,7-8,10,12,17-18,20,22,24,26,28,33H2. The van der Waals surface area contributed by atoms with Gasteiger partial charge in [-0.1, -0.05) is 134 Å². The number of benzene rings is 2. The van der Waals surface area contributed by atoms with Gasteiger partial charge in [0, 0.05) is 58.2 Å². The summed E-state index contributed by atoms with van der Waals surface area (Å²) in [5.74, 6) is 2.68. The van der Waals surface area contributed by atoms with Gasteiger partial charge in [0.15, 0.2) is 0 Å². The molecule has 7 aliphatic carbocycles. The molecule has 0 aromatic heterocycles. The first-order valence-corrected chi connectivity index (χ1v) is 21.2. The van der Waals surface area contributed by atoms with Crippen LogP contribution in [-0.4, -0.2) is 15.8 Å². The molecule has 0 saturated heterocycles. The summed E-state index contributed by atoms with van der Waals surface area (Å²) in [4.78, 5) is 5.50. The Hall–Kier alpha value is -4.82. The number of rotatable bonds is 7. The van der Waals surface area contributed by atoms with Crippen molar-refractivity contribution in [3.05, 3.63) is 196 Å². The Morgan fingerprint density at radius 3 is 2.20 bits per heavy atom. The van der Waals surface area contributed by atoms with E-state index in [4.69, 9.17) is 0 Å². The molecule has 272 valence electrons. The van der Waals surface area contributed by atoms with Crippen LogP contribution in [0.3, 0.4) is 0 Å². The van der Waals surface area contributed by atoms with Crippen molar-refractivity contribution in [2.24, 2.45) is 23.7 Å². The van der Waals surface area contributed by atoms with Gasteiger partial charge in [0.2, 0.25) is 0 Å². The van der Waals surface area contributed by atoms with Crippen LogP contribution >= 0.6 is 0 Å². The molecule has 0 bridgehead atoms. The minimum atomic E-state index is 0.427. The van der Waals surface area contributed by atoms with Gasteiger partial charge in [0.05, 0.1) is 0 Å². The predicted octanol–water partition coefficient (Wildman–Crippen LogP) is 13.0. The topological polar surface area (TPSA) is 6.48 Å². The maximum Gasteiger partial charge on any atom is 0.0482 e. The molecule has 2 aromatic rings. The SMILES string of the molecule is C1=CCC(C2C=CC(N(C3=CCC(c4ccccc4)C=C3)C3=CC=C(c4ccccc4)CC3)=CC2)C(N2C3=C(C=CC4CCCC=C34)C3CCCCC32)=C1. The smallest absolute Gasteiger partial charge is 0.0482 e. The Kier molecular flexibility index (Phi) is 9.23. The van der Waals surface area contributed by atoms with Crippen LogP contribution < -0.4 is 0 Å². The Morgan fingerprint density at radius 2 is 1.43 bits per heavy atom. The zero-order chi connectivity index (χ0) is 35.8. The van der Waals surface area contributed by atoms with Crippen LogP contribution in [0.5, 0.6) is 0 Å². The van der Waals surface area contributed by atoms with E-state index in [1.165, 1.54) is 78.7 Å². The summed E-state index contributed by atoms with van der Waals surface area (Å²) in [6.07, 6.45) is 49.3. The molecule has 10 rings (SSSR count). The summed E-state index contributed by atoms with van der Waals surface area (Å²) in [5, 5.41) is 0. The minimum Gasteiger partial charge on any atom is -0.341 e. The maximum absolute atomic E-state index is 2.92. The minimum absolute atomic E-state index is 0.427. The van der Waals surface area contributed by atoms with Gasteiger partial charge in [0.1, 0.15) is 0 Å². The molecule has 0 spiro atoms. The Labute approximate surface area is 323 Å². The molecular weight excluding hydrogens is 653 g/mol. The van der Waals surface area contributed by atoms with Crippen LogP contribution in [0, 0.1) is 23.7 Å².